The second-order valence-corrected chi connectivity index (χ2v) is 11.6. The van der Waals surface area contributed by atoms with Crippen molar-refractivity contribution in [3.05, 3.63) is 115 Å². The summed E-state index contributed by atoms with van der Waals surface area (Å²) >= 11 is 0. The molecule has 0 bridgehead atoms. The molecule has 3 aromatic carbocycles. The summed E-state index contributed by atoms with van der Waals surface area (Å²) in [6.45, 7) is 12.9. The standard InChI is InChI=1S/C36H41N5O3/c1-28(2)25-44-26-33-24-38(23-29-10-5-3-6-11-29)16-17-40(33)36(42)34-35(30-12-7-4-8-13-30)41(27-37-34)32-15-9-14-31(22-32)39-18-20-43-21-19-39/h3-15,22,27,33H,1,16-21,23-26H2,2H3/t33-/m0/s1. The molecule has 4 aromatic rings. The Morgan fingerprint density at radius 3 is 2.41 bits per heavy atom. The van der Waals surface area contributed by atoms with E-state index in [1.165, 1.54) is 5.56 Å². The maximum atomic E-state index is 14.5. The van der Waals surface area contributed by atoms with Crippen LogP contribution in [0.2, 0.25) is 0 Å². The van der Waals surface area contributed by atoms with Crippen LogP contribution in [0, 0.1) is 0 Å². The van der Waals surface area contributed by atoms with Crippen LogP contribution in [0.5, 0.6) is 0 Å². The molecule has 2 aliphatic heterocycles. The third kappa shape index (κ3) is 6.94. The lowest BCUT2D eigenvalue weighted by molar-refractivity contribution is 0.0130. The van der Waals surface area contributed by atoms with Crippen LogP contribution in [0.4, 0.5) is 5.69 Å². The van der Waals surface area contributed by atoms with Gasteiger partial charge in [-0.05, 0) is 30.7 Å². The number of morpholine rings is 1. The summed E-state index contributed by atoms with van der Waals surface area (Å²) in [5.74, 6) is -0.0739. The van der Waals surface area contributed by atoms with Crippen molar-refractivity contribution in [2.24, 2.45) is 0 Å². The minimum Gasteiger partial charge on any atom is -0.378 e. The van der Waals surface area contributed by atoms with Crippen molar-refractivity contribution in [1.82, 2.24) is 19.4 Å². The number of rotatable bonds is 10. The van der Waals surface area contributed by atoms with Crippen molar-refractivity contribution in [3.63, 3.8) is 0 Å². The lowest BCUT2D eigenvalue weighted by Crippen LogP contribution is -2.56. The van der Waals surface area contributed by atoms with Crippen molar-refractivity contribution in [2.45, 2.75) is 19.5 Å². The number of ether oxygens (including phenoxy) is 2. The first kappa shape index (κ1) is 29.8. The van der Waals surface area contributed by atoms with Gasteiger partial charge in [-0.15, -0.1) is 0 Å². The molecule has 8 heteroatoms. The molecule has 3 heterocycles. The number of carbonyl (C=O) groups is 1. The number of piperazine rings is 1. The molecular weight excluding hydrogens is 550 g/mol. The second kappa shape index (κ2) is 14.0. The van der Waals surface area contributed by atoms with Gasteiger partial charge in [-0.1, -0.05) is 78.9 Å². The molecule has 1 atom stereocenters. The van der Waals surface area contributed by atoms with Crippen LogP contribution in [-0.2, 0) is 16.0 Å². The monoisotopic (exact) mass is 591 g/mol. The lowest BCUT2D eigenvalue weighted by Gasteiger charge is -2.41. The predicted molar refractivity (Wildman–Crippen MR) is 174 cm³/mol. The lowest BCUT2D eigenvalue weighted by atomic mass is 10.1. The van der Waals surface area contributed by atoms with Gasteiger partial charge in [-0.3, -0.25) is 14.3 Å². The fraction of sp³-hybridized carbons (Fsp3) is 0.333. The smallest absolute Gasteiger partial charge is 0.275 e. The molecule has 228 valence electrons. The van der Waals surface area contributed by atoms with Gasteiger partial charge in [-0.25, -0.2) is 4.98 Å². The van der Waals surface area contributed by atoms with Gasteiger partial charge in [0.25, 0.3) is 5.91 Å². The number of benzene rings is 3. The fourth-order valence-electron chi connectivity index (χ4n) is 6.05. The van der Waals surface area contributed by atoms with E-state index in [2.05, 4.69) is 64.9 Å². The van der Waals surface area contributed by atoms with Gasteiger partial charge < -0.3 is 19.3 Å². The molecule has 2 fully saturated rings. The highest BCUT2D eigenvalue weighted by molar-refractivity contribution is 5.99. The van der Waals surface area contributed by atoms with E-state index in [-0.39, 0.29) is 11.9 Å². The Labute approximate surface area is 260 Å². The zero-order valence-electron chi connectivity index (χ0n) is 25.5. The molecule has 8 nitrogen and oxygen atoms in total. The number of nitrogens with zero attached hydrogens (tertiary/aromatic N) is 5. The normalized spacial score (nSPS) is 17.5. The van der Waals surface area contributed by atoms with Gasteiger partial charge >= 0.3 is 0 Å². The average molecular weight is 592 g/mol. The minimum absolute atomic E-state index is 0.0739. The van der Waals surface area contributed by atoms with Crippen LogP contribution >= 0.6 is 0 Å². The molecule has 1 amide bonds. The summed E-state index contributed by atoms with van der Waals surface area (Å²) in [5, 5.41) is 0. The molecule has 0 unspecified atom stereocenters. The zero-order chi connectivity index (χ0) is 30.3. The van der Waals surface area contributed by atoms with E-state index in [4.69, 9.17) is 14.5 Å². The largest absolute Gasteiger partial charge is 0.378 e. The van der Waals surface area contributed by atoms with Gasteiger partial charge in [0, 0.05) is 56.2 Å². The number of hydrogen-bond acceptors (Lipinski definition) is 6. The predicted octanol–water partition coefficient (Wildman–Crippen LogP) is 5.30. The Bertz CT molecular complexity index is 1550. The second-order valence-electron chi connectivity index (χ2n) is 11.6. The zero-order valence-corrected chi connectivity index (χ0v) is 25.5. The quantitative estimate of drug-likeness (QED) is 0.234. The number of anilines is 1. The Morgan fingerprint density at radius 1 is 0.932 bits per heavy atom. The maximum Gasteiger partial charge on any atom is 0.275 e. The summed E-state index contributed by atoms with van der Waals surface area (Å²) in [6, 6.07) is 28.9. The molecular formula is C36H41N5O3. The van der Waals surface area contributed by atoms with E-state index in [0.717, 1.165) is 74.1 Å². The van der Waals surface area contributed by atoms with E-state index >= 15 is 0 Å². The molecule has 2 saturated heterocycles. The third-order valence-electron chi connectivity index (χ3n) is 8.24. The molecule has 1 aromatic heterocycles. The average Bonchev–Trinajstić information content (AvgIpc) is 3.51. The SMILES string of the molecule is C=C(C)COC[C@@H]1CN(Cc2ccccc2)CCN1C(=O)c1ncn(-c2cccc(N3CCOCC3)c2)c1-c1ccccc1. The van der Waals surface area contributed by atoms with Crippen molar-refractivity contribution in [1.29, 1.82) is 0 Å². The van der Waals surface area contributed by atoms with E-state index < -0.39 is 0 Å². The number of amides is 1. The number of carbonyl (C=O) groups excluding carboxylic acids is 1. The maximum absolute atomic E-state index is 14.5. The van der Waals surface area contributed by atoms with Crippen LogP contribution in [0.1, 0.15) is 23.0 Å². The molecule has 44 heavy (non-hydrogen) atoms. The number of hydrogen-bond donors (Lipinski definition) is 0. The molecule has 0 N–H and O–H groups in total. The minimum atomic E-state index is -0.113. The van der Waals surface area contributed by atoms with Gasteiger partial charge in [0.1, 0.15) is 6.33 Å². The van der Waals surface area contributed by atoms with Crippen LogP contribution in [0.25, 0.3) is 16.9 Å². The first-order valence-electron chi connectivity index (χ1n) is 15.4. The Kier molecular flexibility index (Phi) is 9.51. The highest BCUT2D eigenvalue weighted by atomic mass is 16.5. The summed E-state index contributed by atoms with van der Waals surface area (Å²) in [6.07, 6.45) is 1.78. The summed E-state index contributed by atoms with van der Waals surface area (Å²) < 4.78 is 13.7. The molecule has 0 saturated carbocycles. The van der Waals surface area contributed by atoms with E-state index in [1.54, 1.807) is 6.33 Å². The van der Waals surface area contributed by atoms with Crippen LogP contribution < -0.4 is 4.90 Å². The highest BCUT2D eigenvalue weighted by Gasteiger charge is 2.34. The molecule has 0 spiro atoms. The molecule has 2 aliphatic rings. The summed E-state index contributed by atoms with van der Waals surface area (Å²) in [4.78, 5) is 25.9. The van der Waals surface area contributed by atoms with Gasteiger partial charge in [-0.2, -0.15) is 0 Å². The van der Waals surface area contributed by atoms with E-state index in [1.807, 2.05) is 52.8 Å². The van der Waals surface area contributed by atoms with Gasteiger partial charge in [0.05, 0.1) is 38.2 Å². The van der Waals surface area contributed by atoms with Crippen LogP contribution in [0.15, 0.2) is 103 Å². The fourth-order valence-corrected chi connectivity index (χ4v) is 6.05. The molecule has 0 aliphatic carbocycles. The van der Waals surface area contributed by atoms with Crippen molar-refractivity contribution >= 4 is 11.6 Å². The molecule has 0 radical (unpaired) electrons. The summed E-state index contributed by atoms with van der Waals surface area (Å²) in [5.41, 5.74) is 6.52. The van der Waals surface area contributed by atoms with Crippen molar-refractivity contribution in [3.8, 4) is 16.9 Å². The summed E-state index contributed by atoms with van der Waals surface area (Å²) in [7, 11) is 0. The first-order valence-corrected chi connectivity index (χ1v) is 15.4. The number of imidazole rings is 1. The first-order chi connectivity index (χ1) is 21.6. The third-order valence-corrected chi connectivity index (χ3v) is 8.24. The Balaban J connectivity index is 1.31. The van der Waals surface area contributed by atoms with Crippen molar-refractivity contribution in [2.75, 3.05) is 64.1 Å². The topological polar surface area (TPSA) is 63.1 Å². The Hall–Kier alpha value is -4.24. The van der Waals surface area contributed by atoms with Gasteiger partial charge in [0.15, 0.2) is 5.69 Å². The van der Waals surface area contributed by atoms with E-state index in [0.29, 0.717) is 25.5 Å². The molecule has 6 rings (SSSR count). The van der Waals surface area contributed by atoms with Crippen LogP contribution in [0.3, 0.4) is 0 Å². The Morgan fingerprint density at radius 2 is 1.66 bits per heavy atom. The van der Waals surface area contributed by atoms with Gasteiger partial charge in [0.2, 0.25) is 0 Å². The van der Waals surface area contributed by atoms with Crippen LogP contribution in [-0.4, -0.2) is 90.5 Å². The number of aromatic nitrogens is 2. The highest BCUT2D eigenvalue weighted by Crippen LogP contribution is 2.30. The van der Waals surface area contributed by atoms with Crippen molar-refractivity contribution < 1.29 is 14.3 Å². The van der Waals surface area contributed by atoms with E-state index in [9.17, 15) is 4.79 Å².